The van der Waals surface area contributed by atoms with E-state index in [1.54, 1.807) is 12.3 Å². The predicted octanol–water partition coefficient (Wildman–Crippen LogP) is 1.31. The Morgan fingerprint density at radius 2 is 2.33 bits per heavy atom. The van der Waals surface area contributed by atoms with Crippen LogP contribution < -0.4 is 4.90 Å². The fourth-order valence-electron chi connectivity index (χ4n) is 2.43. The topological polar surface area (TPSA) is 56.7 Å². The summed E-state index contributed by atoms with van der Waals surface area (Å²) < 4.78 is 0. The summed E-state index contributed by atoms with van der Waals surface area (Å²) in [5.41, 5.74) is 1.06. The van der Waals surface area contributed by atoms with E-state index in [-0.39, 0.29) is 5.69 Å². The lowest BCUT2D eigenvalue weighted by Gasteiger charge is -2.40. The van der Waals surface area contributed by atoms with Gasteiger partial charge in [0.1, 0.15) is 5.69 Å². The quantitative estimate of drug-likeness (QED) is 0.875. The Morgan fingerprint density at radius 1 is 1.56 bits per heavy atom. The highest BCUT2D eigenvalue weighted by Gasteiger charge is 2.22. The Bertz CT molecular complexity index is 436. The molecule has 1 fully saturated rings. The maximum atomic E-state index is 10.9. The van der Waals surface area contributed by atoms with Gasteiger partial charge in [-0.15, -0.1) is 0 Å². The Morgan fingerprint density at radius 3 is 2.94 bits per heavy atom. The molecule has 0 amide bonds. The van der Waals surface area contributed by atoms with Crippen LogP contribution in [0.1, 0.15) is 24.3 Å². The van der Waals surface area contributed by atoms with Gasteiger partial charge < -0.3 is 10.0 Å². The largest absolute Gasteiger partial charge is 0.477 e. The maximum absolute atomic E-state index is 10.9. The molecule has 2 rings (SSSR count). The van der Waals surface area contributed by atoms with E-state index >= 15 is 0 Å². The van der Waals surface area contributed by atoms with Crippen molar-refractivity contribution in [3.05, 3.63) is 24.0 Å². The molecule has 0 radical (unpaired) electrons. The van der Waals surface area contributed by atoms with Crippen molar-refractivity contribution < 1.29 is 9.90 Å². The van der Waals surface area contributed by atoms with Crippen LogP contribution in [0, 0.1) is 0 Å². The second kappa shape index (κ2) is 5.35. The summed E-state index contributed by atoms with van der Waals surface area (Å²) in [6, 6.07) is 4.02. The van der Waals surface area contributed by atoms with Gasteiger partial charge in [-0.1, -0.05) is 6.92 Å². The van der Waals surface area contributed by atoms with E-state index in [1.165, 1.54) is 0 Å². The highest BCUT2D eigenvalue weighted by molar-refractivity contribution is 5.86. The number of rotatable bonds is 3. The Balaban J connectivity index is 2.13. The average Bonchev–Trinajstić information content (AvgIpc) is 2.38. The minimum atomic E-state index is -0.975. The summed E-state index contributed by atoms with van der Waals surface area (Å²) in [5.74, 6) is -0.975. The van der Waals surface area contributed by atoms with Crippen molar-refractivity contribution in [1.82, 2.24) is 9.88 Å². The molecule has 1 N–H and O–H groups in total. The number of nitrogens with zero attached hydrogens (tertiary/aromatic N) is 3. The van der Waals surface area contributed by atoms with Crippen LogP contribution >= 0.6 is 0 Å². The second-order valence-corrected chi connectivity index (χ2v) is 4.63. The average molecular weight is 249 g/mol. The minimum Gasteiger partial charge on any atom is -0.477 e. The molecule has 18 heavy (non-hydrogen) atoms. The van der Waals surface area contributed by atoms with Gasteiger partial charge in [-0.05, 0) is 25.6 Å². The van der Waals surface area contributed by atoms with Gasteiger partial charge in [-0.25, -0.2) is 9.78 Å². The van der Waals surface area contributed by atoms with Gasteiger partial charge in [-0.3, -0.25) is 4.90 Å². The van der Waals surface area contributed by atoms with E-state index in [2.05, 4.69) is 28.6 Å². The number of aromatic carboxylic acids is 1. The predicted molar refractivity (Wildman–Crippen MR) is 70.1 cm³/mol. The second-order valence-electron chi connectivity index (χ2n) is 4.63. The molecule has 1 aliphatic heterocycles. The molecule has 5 heteroatoms. The lowest BCUT2D eigenvalue weighted by atomic mass is 10.1. The first kappa shape index (κ1) is 12.8. The van der Waals surface area contributed by atoms with Gasteiger partial charge in [-0.2, -0.15) is 0 Å². The van der Waals surface area contributed by atoms with Crippen LogP contribution in [0.5, 0.6) is 0 Å². The molecular formula is C13H19N3O2. The van der Waals surface area contributed by atoms with Crippen LogP contribution in [0.15, 0.2) is 18.3 Å². The summed E-state index contributed by atoms with van der Waals surface area (Å²) in [4.78, 5) is 19.4. The number of pyridine rings is 1. The van der Waals surface area contributed by atoms with Crippen molar-refractivity contribution in [2.75, 3.05) is 31.1 Å². The lowest BCUT2D eigenvalue weighted by Crippen LogP contribution is -2.51. The SMILES string of the molecule is CCN1CCN(c2ccnc(C(=O)O)c2)CC1C. The third kappa shape index (κ3) is 2.61. The van der Waals surface area contributed by atoms with E-state index in [0.29, 0.717) is 6.04 Å². The first-order valence-electron chi connectivity index (χ1n) is 6.30. The van der Waals surface area contributed by atoms with Crippen LogP contribution in [0.4, 0.5) is 5.69 Å². The molecule has 1 unspecified atom stereocenters. The summed E-state index contributed by atoms with van der Waals surface area (Å²) in [6.45, 7) is 8.31. The van der Waals surface area contributed by atoms with Crippen molar-refractivity contribution in [2.24, 2.45) is 0 Å². The number of anilines is 1. The molecule has 0 aromatic carbocycles. The van der Waals surface area contributed by atoms with Gasteiger partial charge in [0, 0.05) is 37.6 Å². The molecular weight excluding hydrogens is 230 g/mol. The Labute approximate surface area is 107 Å². The van der Waals surface area contributed by atoms with Crippen LogP contribution in [0.2, 0.25) is 0 Å². The van der Waals surface area contributed by atoms with E-state index in [0.717, 1.165) is 31.9 Å². The van der Waals surface area contributed by atoms with Gasteiger partial charge in [0.05, 0.1) is 0 Å². The van der Waals surface area contributed by atoms with Crippen molar-refractivity contribution in [3.8, 4) is 0 Å². The number of piperazine rings is 1. The van der Waals surface area contributed by atoms with Crippen LogP contribution in [0.3, 0.4) is 0 Å². The zero-order valence-electron chi connectivity index (χ0n) is 10.8. The van der Waals surface area contributed by atoms with Crippen molar-refractivity contribution in [2.45, 2.75) is 19.9 Å². The van der Waals surface area contributed by atoms with E-state index in [4.69, 9.17) is 5.11 Å². The summed E-state index contributed by atoms with van der Waals surface area (Å²) in [7, 11) is 0. The number of hydrogen-bond acceptors (Lipinski definition) is 4. The molecule has 0 bridgehead atoms. The highest BCUT2D eigenvalue weighted by atomic mass is 16.4. The number of likely N-dealkylation sites (N-methyl/N-ethyl adjacent to an activating group) is 1. The number of carboxylic acids is 1. The molecule has 5 nitrogen and oxygen atoms in total. The van der Waals surface area contributed by atoms with Crippen molar-refractivity contribution >= 4 is 11.7 Å². The molecule has 1 atom stereocenters. The summed E-state index contributed by atoms with van der Waals surface area (Å²) >= 11 is 0. The van der Waals surface area contributed by atoms with Gasteiger partial charge in [0.15, 0.2) is 0 Å². The molecule has 1 aliphatic rings. The fraction of sp³-hybridized carbons (Fsp3) is 0.538. The molecule has 0 saturated carbocycles. The van der Waals surface area contributed by atoms with Crippen molar-refractivity contribution in [1.29, 1.82) is 0 Å². The number of aromatic nitrogens is 1. The van der Waals surface area contributed by atoms with E-state index in [1.807, 2.05) is 6.07 Å². The number of carboxylic acid groups (broad SMARTS) is 1. The minimum absolute atomic E-state index is 0.109. The Hall–Kier alpha value is -1.62. The monoisotopic (exact) mass is 249 g/mol. The fourth-order valence-corrected chi connectivity index (χ4v) is 2.43. The van der Waals surface area contributed by atoms with Gasteiger partial charge in [0.2, 0.25) is 0 Å². The standard InChI is InChI=1S/C13H19N3O2/c1-3-15-6-7-16(9-10(15)2)11-4-5-14-12(8-11)13(17)18/h4-5,8,10H,3,6-7,9H2,1-2H3,(H,17,18). The maximum Gasteiger partial charge on any atom is 0.354 e. The Kier molecular flexibility index (Phi) is 3.81. The van der Waals surface area contributed by atoms with Gasteiger partial charge in [0.25, 0.3) is 0 Å². The third-order valence-corrected chi connectivity index (χ3v) is 3.50. The highest BCUT2D eigenvalue weighted by Crippen LogP contribution is 2.19. The van der Waals surface area contributed by atoms with Crippen LogP contribution in [0.25, 0.3) is 0 Å². The smallest absolute Gasteiger partial charge is 0.354 e. The molecule has 1 aromatic rings. The first-order valence-corrected chi connectivity index (χ1v) is 6.30. The normalized spacial score (nSPS) is 21.0. The zero-order valence-corrected chi connectivity index (χ0v) is 10.8. The van der Waals surface area contributed by atoms with Gasteiger partial charge >= 0.3 is 5.97 Å². The lowest BCUT2D eigenvalue weighted by molar-refractivity contribution is 0.0690. The molecule has 1 saturated heterocycles. The van der Waals surface area contributed by atoms with Crippen LogP contribution in [-0.2, 0) is 0 Å². The van der Waals surface area contributed by atoms with Crippen molar-refractivity contribution in [3.63, 3.8) is 0 Å². The molecule has 1 aromatic heterocycles. The summed E-state index contributed by atoms with van der Waals surface area (Å²) in [6.07, 6.45) is 1.57. The molecule has 0 aliphatic carbocycles. The van der Waals surface area contributed by atoms with Crippen LogP contribution in [-0.4, -0.2) is 53.2 Å². The first-order chi connectivity index (χ1) is 8.61. The number of hydrogen-bond donors (Lipinski definition) is 1. The number of carbonyl (C=O) groups is 1. The zero-order chi connectivity index (χ0) is 13.1. The third-order valence-electron chi connectivity index (χ3n) is 3.50. The van der Waals surface area contributed by atoms with E-state index < -0.39 is 5.97 Å². The molecule has 98 valence electrons. The summed E-state index contributed by atoms with van der Waals surface area (Å²) in [5, 5.41) is 8.95. The molecule has 0 spiro atoms. The van der Waals surface area contributed by atoms with E-state index in [9.17, 15) is 4.79 Å². The molecule has 2 heterocycles.